The van der Waals surface area contributed by atoms with Gasteiger partial charge in [0.15, 0.2) is 0 Å². The lowest BCUT2D eigenvalue weighted by Crippen LogP contribution is -2.45. The lowest BCUT2D eigenvalue weighted by molar-refractivity contribution is -0.151. The van der Waals surface area contributed by atoms with Gasteiger partial charge in [0.25, 0.3) is 5.56 Å². The number of carboxylic acids is 1. The maximum absolute atomic E-state index is 11.7. The maximum atomic E-state index is 11.7. The second kappa shape index (κ2) is 6.43. The largest absolute Gasteiger partial charge is 0.481 e. The van der Waals surface area contributed by atoms with E-state index in [1.54, 1.807) is 22.9 Å². The van der Waals surface area contributed by atoms with Crippen molar-refractivity contribution < 1.29 is 9.90 Å². The van der Waals surface area contributed by atoms with Crippen LogP contribution in [0.2, 0.25) is 0 Å². The van der Waals surface area contributed by atoms with Crippen LogP contribution in [0.3, 0.4) is 0 Å². The molecule has 1 unspecified atom stereocenters. The molecule has 1 saturated heterocycles. The SMILES string of the molecule is CC(C)(C(=O)O)C1CCCN(CCn2ccccc2=O)C1. The highest BCUT2D eigenvalue weighted by Crippen LogP contribution is 2.34. The topological polar surface area (TPSA) is 62.5 Å². The fourth-order valence-electron chi connectivity index (χ4n) is 2.92. The molecule has 1 aliphatic rings. The third-order valence-electron chi connectivity index (χ3n) is 4.63. The van der Waals surface area contributed by atoms with Crippen LogP contribution < -0.4 is 5.56 Å². The third kappa shape index (κ3) is 3.73. The molecule has 0 amide bonds. The molecule has 1 aromatic heterocycles. The van der Waals surface area contributed by atoms with Gasteiger partial charge in [-0.1, -0.05) is 6.07 Å². The molecule has 21 heavy (non-hydrogen) atoms. The van der Waals surface area contributed by atoms with Crippen molar-refractivity contribution in [3.05, 3.63) is 34.7 Å². The molecule has 116 valence electrons. The molecule has 1 fully saturated rings. The molecule has 2 rings (SSSR count). The molecule has 5 heteroatoms. The van der Waals surface area contributed by atoms with Gasteiger partial charge in [-0.05, 0) is 45.2 Å². The highest BCUT2D eigenvalue weighted by atomic mass is 16.4. The molecule has 0 bridgehead atoms. The molecular weight excluding hydrogens is 268 g/mol. The van der Waals surface area contributed by atoms with Gasteiger partial charge in [-0.3, -0.25) is 9.59 Å². The summed E-state index contributed by atoms with van der Waals surface area (Å²) < 4.78 is 1.70. The van der Waals surface area contributed by atoms with Gasteiger partial charge in [-0.2, -0.15) is 0 Å². The van der Waals surface area contributed by atoms with Crippen LogP contribution in [0.4, 0.5) is 0 Å². The van der Waals surface area contributed by atoms with Crippen molar-refractivity contribution in [3.8, 4) is 0 Å². The molecule has 1 aromatic rings. The first-order valence-electron chi connectivity index (χ1n) is 7.52. The second-order valence-corrected chi connectivity index (χ2v) is 6.40. The Labute approximate surface area is 125 Å². The molecule has 0 radical (unpaired) electrons. The van der Waals surface area contributed by atoms with Gasteiger partial charge in [0.1, 0.15) is 0 Å². The Kier molecular flexibility index (Phi) is 4.83. The van der Waals surface area contributed by atoms with Crippen molar-refractivity contribution >= 4 is 5.97 Å². The molecular formula is C16H24N2O3. The molecule has 5 nitrogen and oxygen atoms in total. The van der Waals surface area contributed by atoms with Crippen molar-refractivity contribution in [2.24, 2.45) is 11.3 Å². The van der Waals surface area contributed by atoms with Crippen molar-refractivity contribution in [1.29, 1.82) is 0 Å². The van der Waals surface area contributed by atoms with E-state index in [-0.39, 0.29) is 11.5 Å². The zero-order valence-electron chi connectivity index (χ0n) is 12.8. The molecule has 1 aliphatic heterocycles. The van der Waals surface area contributed by atoms with Gasteiger partial charge in [0.2, 0.25) is 0 Å². The Hall–Kier alpha value is -1.62. The monoisotopic (exact) mass is 292 g/mol. The molecule has 1 N–H and O–H groups in total. The molecule has 0 spiro atoms. The number of hydrogen-bond acceptors (Lipinski definition) is 3. The first-order chi connectivity index (χ1) is 9.91. The van der Waals surface area contributed by atoms with E-state index >= 15 is 0 Å². The van der Waals surface area contributed by atoms with E-state index in [1.165, 1.54) is 0 Å². The van der Waals surface area contributed by atoms with Crippen LogP contribution in [0.25, 0.3) is 0 Å². The van der Waals surface area contributed by atoms with E-state index < -0.39 is 11.4 Å². The highest BCUT2D eigenvalue weighted by molar-refractivity contribution is 5.74. The summed E-state index contributed by atoms with van der Waals surface area (Å²) in [6, 6.07) is 5.16. The number of aromatic nitrogens is 1. The van der Waals surface area contributed by atoms with Crippen LogP contribution in [0.15, 0.2) is 29.2 Å². The Morgan fingerprint density at radius 1 is 1.38 bits per heavy atom. The molecule has 1 atom stereocenters. The summed E-state index contributed by atoms with van der Waals surface area (Å²) in [4.78, 5) is 25.3. The third-order valence-corrected chi connectivity index (χ3v) is 4.63. The summed E-state index contributed by atoms with van der Waals surface area (Å²) in [6.07, 6.45) is 3.77. The van der Waals surface area contributed by atoms with Gasteiger partial charge in [0, 0.05) is 31.9 Å². The van der Waals surface area contributed by atoms with Crippen LogP contribution in [-0.4, -0.2) is 40.2 Å². The maximum Gasteiger partial charge on any atom is 0.309 e. The number of hydrogen-bond donors (Lipinski definition) is 1. The van der Waals surface area contributed by atoms with E-state index in [2.05, 4.69) is 4.90 Å². The Morgan fingerprint density at radius 3 is 2.81 bits per heavy atom. The number of piperidine rings is 1. The van der Waals surface area contributed by atoms with Gasteiger partial charge in [-0.25, -0.2) is 0 Å². The minimum Gasteiger partial charge on any atom is -0.481 e. The Morgan fingerprint density at radius 2 is 2.14 bits per heavy atom. The first-order valence-corrected chi connectivity index (χ1v) is 7.52. The fraction of sp³-hybridized carbons (Fsp3) is 0.625. The quantitative estimate of drug-likeness (QED) is 0.896. The fourth-order valence-corrected chi connectivity index (χ4v) is 2.92. The zero-order chi connectivity index (χ0) is 15.5. The first kappa shape index (κ1) is 15.8. The summed E-state index contributed by atoms with van der Waals surface area (Å²) >= 11 is 0. The van der Waals surface area contributed by atoms with Crippen LogP contribution in [0.5, 0.6) is 0 Å². The number of carbonyl (C=O) groups is 1. The standard InChI is InChI=1S/C16H24N2O3/c1-16(2,15(20)21)13-6-5-8-17(12-13)10-11-18-9-4-3-7-14(18)19/h3-4,7,9,13H,5-6,8,10-12H2,1-2H3,(H,20,21). The lowest BCUT2D eigenvalue weighted by Gasteiger charge is -2.39. The zero-order valence-corrected chi connectivity index (χ0v) is 12.8. The number of rotatable bonds is 5. The second-order valence-electron chi connectivity index (χ2n) is 6.40. The highest BCUT2D eigenvalue weighted by Gasteiger charge is 2.38. The van der Waals surface area contributed by atoms with Crippen LogP contribution in [-0.2, 0) is 11.3 Å². The van der Waals surface area contributed by atoms with Crippen molar-refractivity contribution in [2.75, 3.05) is 19.6 Å². The van der Waals surface area contributed by atoms with Crippen LogP contribution in [0, 0.1) is 11.3 Å². The van der Waals surface area contributed by atoms with E-state index in [1.807, 2.05) is 19.9 Å². The molecule has 0 saturated carbocycles. The summed E-state index contributed by atoms with van der Waals surface area (Å²) in [5.41, 5.74) is -0.681. The minimum atomic E-state index is -0.728. The van der Waals surface area contributed by atoms with Crippen LogP contribution >= 0.6 is 0 Å². The molecule has 2 heterocycles. The van der Waals surface area contributed by atoms with Crippen molar-refractivity contribution in [3.63, 3.8) is 0 Å². The van der Waals surface area contributed by atoms with Gasteiger partial charge in [-0.15, -0.1) is 0 Å². The Balaban J connectivity index is 1.95. The number of likely N-dealkylation sites (tertiary alicyclic amines) is 1. The summed E-state index contributed by atoms with van der Waals surface area (Å²) in [5, 5.41) is 9.36. The predicted octanol–water partition coefficient (Wildman–Crippen LogP) is 1.67. The Bertz CT molecular complexity index is 550. The van der Waals surface area contributed by atoms with E-state index in [0.29, 0.717) is 6.54 Å². The number of pyridine rings is 1. The van der Waals surface area contributed by atoms with Gasteiger partial charge in [0.05, 0.1) is 5.41 Å². The number of aliphatic carboxylic acids is 1. The van der Waals surface area contributed by atoms with E-state index in [9.17, 15) is 14.7 Å². The smallest absolute Gasteiger partial charge is 0.309 e. The normalized spacial score (nSPS) is 20.4. The van der Waals surface area contributed by atoms with E-state index in [4.69, 9.17) is 0 Å². The van der Waals surface area contributed by atoms with Crippen LogP contribution in [0.1, 0.15) is 26.7 Å². The van der Waals surface area contributed by atoms with Gasteiger partial charge >= 0.3 is 5.97 Å². The molecule has 0 aromatic carbocycles. The predicted molar refractivity (Wildman–Crippen MR) is 81.3 cm³/mol. The average Bonchev–Trinajstić information content (AvgIpc) is 2.46. The number of carboxylic acid groups (broad SMARTS) is 1. The van der Waals surface area contributed by atoms with E-state index in [0.717, 1.165) is 32.5 Å². The lowest BCUT2D eigenvalue weighted by atomic mass is 9.74. The van der Waals surface area contributed by atoms with Gasteiger partial charge < -0.3 is 14.6 Å². The minimum absolute atomic E-state index is 0.0110. The average molecular weight is 292 g/mol. The summed E-state index contributed by atoms with van der Waals surface area (Å²) in [7, 11) is 0. The van der Waals surface area contributed by atoms with Crippen molar-refractivity contribution in [1.82, 2.24) is 9.47 Å². The summed E-state index contributed by atoms with van der Waals surface area (Å²) in [5.74, 6) is -0.565. The molecule has 0 aliphatic carbocycles. The van der Waals surface area contributed by atoms with Crippen molar-refractivity contribution in [2.45, 2.75) is 33.2 Å². The number of nitrogens with zero attached hydrogens (tertiary/aromatic N) is 2. The summed E-state index contributed by atoms with van der Waals surface area (Å²) in [6.45, 7) is 6.83.